The highest BCUT2D eigenvalue weighted by Crippen LogP contribution is 2.31. The van der Waals surface area contributed by atoms with Gasteiger partial charge in [-0.1, -0.05) is 17.7 Å². The van der Waals surface area contributed by atoms with Gasteiger partial charge >= 0.3 is 5.97 Å². The molecule has 0 bridgehead atoms. The average molecular weight is 397 g/mol. The molecule has 2 rings (SSSR count). The smallest absolute Gasteiger partial charge is 0.343 e. The minimum atomic E-state index is -0.680. The number of ether oxygens (including phenoxy) is 3. The van der Waals surface area contributed by atoms with Crippen molar-refractivity contribution in [1.29, 1.82) is 0 Å². The number of carbonyl (C=O) groups excluding carboxylic acids is 1. The molecule has 0 atom stereocenters. The number of aliphatic hydroxyl groups excluding tert-OH is 1. The first-order valence-electron chi connectivity index (χ1n) is 9.27. The monoisotopic (exact) mass is 397 g/mol. The van der Waals surface area contributed by atoms with Crippen molar-refractivity contribution in [2.24, 2.45) is 4.99 Å². The van der Waals surface area contributed by atoms with Crippen molar-refractivity contribution < 1.29 is 24.1 Å². The van der Waals surface area contributed by atoms with Crippen molar-refractivity contribution in [2.75, 3.05) is 20.8 Å². The van der Waals surface area contributed by atoms with Gasteiger partial charge in [-0.05, 0) is 57.0 Å². The van der Waals surface area contributed by atoms with Crippen molar-refractivity contribution in [3.8, 4) is 11.5 Å². The number of hydrogen-bond acceptors (Lipinski definition) is 6. The van der Waals surface area contributed by atoms with Crippen molar-refractivity contribution in [3.63, 3.8) is 0 Å². The Morgan fingerprint density at radius 2 is 1.72 bits per heavy atom. The SMILES string of the molecule is CCOC(=O)/C(C=Nc1c(C)cc(C)cc1C)=C(\O)c1cc(OC)ccc1OC. The average Bonchev–Trinajstić information content (AvgIpc) is 2.69. The van der Waals surface area contributed by atoms with Crippen molar-refractivity contribution >= 4 is 23.6 Å². The summed E-state index contributed by atoms with van der Waals surface area (Å²) in [6.45, 7) is 7.78. The maximum absolute atomic E-state index is 12.6. The van der Waals surface area contributed by atoms with Crippen LogP contribution in [-0.2, 0) is 9.53 Å². The number of carbonyl (C=O) groups is 1. The maximum Gasteiger partial charge on any atom is 0.343 e. The second-order valence-corrected chi connectivity index (χ2v) is 6.55. The highest BCUT2D eigenvalue weighted by Gasteiger charge is 2.20. The molecule has 0 spiro atoms. The van der Waals surface area contributed by atoms with Gasteiger partial charge < -0.3 is 19.3 Å². The second kappa shape index (κ2) is 9.78. The third-order valence-corrected chi connectivity index (χ3v) is 4.37. The fourth-order valence-electron chi connectivity index (χ4n) is 3.07. The van der Waals surface area contributed by atoms with E-state index < -0.39 is 5.97 Å². The van der Waals surface area contributed by atoms with Crippen LogP contribution >= 0.6 is 0 Å². The molecule has 0 aliphatic heterocycles. The summed E-state index contributed by atoms with van der Waals surface area (Å²) in [6, 6.07) is 8.96. The van der Waals surface area contributed by atoms with E-state index in [-0.39, 0.29) is 17.9 Å². The lowest BCUT2D eigenvalue weighted by Crippen LogP contribution is -2.11. The molecule has 0 aliphatic rings. The van der Waals surface area contributed by atoms with Crippen LogP contribution < -0.4 is 9.47 Å². The zero-order valence-electron chi connectivity index (χ0n) is 17.7. The molecule has 0 amide bonds. The highest BCUT2D eigenvalue weighted by molar-refractivity contribution is 6.15. The summed E-state index contributed by atoms with van der Waals surface area (Å²) in [5, 5.41) is 10.9. The molecule has 0 saturated carbocycles. The van der Waals surface area contributed by atoms with E-state index in [0.29, 0.717) is 17.1 Å². The van der Waals surface area contributed by atoms with Crippen molar-refractivity contribution in [3.05, 3.63) is 58.2 Å². The minimum absolute atomic E-state index is 0.0715. The largest absolute Gasteiger partial charge is 0.506 e. The number of aliphatic imine (C=N–C) groups is 1. The third kappa shape index (κ3) is 5.16. The lowest BCUT2D eigenvalue weighted by Gasteiger charge is -2.12. The van der Waals surface area contributed by atoms with E-state index in [4.69, 9.17) is 14.2 Å². The van der Waals surface area contributed by atoms with Crippen LogP contribution in [0.2, 0.25) is 0 Å². The summed E-state index contributed by atoms with van der Waals surface area (Å²) in [7, 11) is 3.00. The quantitative estimate of drug-likeness (QED) is 0.312. The van der Waals surface area contributed by atoms with Crippen LogP contribution in [0.1, 0.15) is 29.2 Å². The molecule has 0 unspecified atom stereocenters. The first-order chi connectivity index (χ1) is 13.8. The molecule has 29 heavy (non-hydrogen) atoms. The molecule has 0 heterocycles. The van der Waals surface area contributed by atoms with Crippen molar-refractivity contribution in [2.45, 2.75) is 27.7 Å². The summed E-state index contributed by atoms with van der Waals surface area (Å²) in [6.07, 6.45) is 1.33. The Morgan fingerprint density at radius 3 is 2.28 bits per heavy atom. The molecule has 154 valence electrons. The Kier molecular flexibility index (Phi) is 7.42. The Balaban J connectivity index is 2.63. The fourth-order valence-corrected chi connectivity index (χ4v) is 3.07. The molecule has 2 aromatic rings. The van der Waals surface area contributed by atoms with E-state index in [2.05, 4.69) is 4.99 Å². The van der Waals surface area contributed by atoms with Gasteiger partial charge in [0.1, 0.15) is 22.8 Å². The number of nitrogens with zero attached hydrogens (tertiary/aromatic N) is 1. The fraction of sp³-hybridized carbons (Fsp3) is 0.304. The summed E-state index contributed by atoms with van der Waals surface area (Å²) in [4.78, 5) is 17.0. The predicted octanol–water partition coefficient (Wildman–Crippen LogP) is 4.86. The summed E-state index contributed by atoms with van der Waals surface area (Å²) in [5.41, 5.74) is 4.05. The topological polar surface area (TPSA) is 77.4 Å². The van der Waals surface area contributed by atoms with Crippen LogP contribution in [0.15, 0.2) is 40.9 Å². The normalized spacial score (nSPS) is 11.9. The van der Waals surface area contributed by atoms with Crippen LogP contribution in [0.25, 0.3) is 5.76 Å². The number of aliphatic hydroxyl groups is 1. The van der Waals surface area contributed by atoms with Crippen LogP contribution in [0.4, 0.5) is 5.69 Å². The van der Waals surface area contributed by atoms with Gasteiger partial charge in [-0.3, -0.25) is 4.99 Å². The summed E-state index contributed by atoms with van der Waals surface area (Å²) >= 11 is 0. The van der Waals surface area contributed by atoms with Gasteiger partial charge in [0.2, 0.25) is 0 Å². The number of hydrogen-bond donors (Lipinski definition) is 1. The molecule has 0 radical (unpaired) electrons. The molecule has 0 aromatic heterocycles. The maximum atomic E-state index is 12.6. The third-order valence-electron chi connectivity index (χ3n) is 4.37. The second-order valence-electron chi connectivity index (χ2n) is 6.55. The summed E-state index contributed by atoms with van der Waals surface area (Å²) < 4.78 is 15.7. The molecule has 6 nitrogen and oxygen atoms in total. The number of methoxy groups -OCH3 is 2. The van der Waals surface area contributed by atoms with Gasteiger partial charge in [-0.25, -0.2) is 4.79 Å². The minimum Gasteiger partial charge on any atom is -0.506 e. The first kappa shape index (κ1) is 22.0. The van der Waals surface area contributed by atoms with E-state index in [1.54, 1.807) is 25.1 Å². The predicted molar refractivity (Wildman–Crippen MR) is 115 cm³/mol. The van der Waals surface area contributed by atoms with Gasteiger partial charge in [-0.2, -0.15) is 0 Å². The van der Waals surface area contributed by atoms with Crippen molar-refractivity contribution in [1.82, 2.24) is 0 Å². The van der Waals surface area contributed by atoms with Crippen LogP contribution in [0, 0.1) is 20.8 Å². The Labute approximate surface area is 171 Å². The van der Waals surface area contributed by atoms with E-state index >= 15 is 0 Å². The Bertz CT molecular complexity index is 937. The highest BCUT2D eigenvalue weighted by atomic mass is 16.5. The molecule has 0 aliphatic carbocycles. The lowest BCUT2D eigenvalue weighted by molar-refractivity contribution is -0.137. The molecule has 6 heteroatoms. The van der Waals surface area contributed by atoms with Crippen LogP contribution in [0.5, 0.6) is 11.5 Å². The number of benzene rings is 2. The van der Waals surface area contributed by atoms with Gasteiger partial charge in [0.15, 0.2) is 0 Å². The number of aryl methyl sites for hydroxylation is 3. The number of rotatable bonds is 7. The standard InChI is InChI=1S/C23H27NO5/c1-7-29-23(26)19(13-24-21-15(3)10-14(2)11-16(21)4)22(25)18-12-17(27-5)8-9-20(18)28-6/h8-13,25H,7H2,1-6H3/b22-19-,24-13?. The van der Waals surface area contributed by atoms with E-state index in [0.717, 1.165) is 22.4 Å². The van der Waals surface area contributed by atoms with E-state index in [1.807, 2.05) is 32.9 Å². The molecule has 0 saturated heterocycles. The number of esters is 1. The van der Waals surface area contributed by atoms with Gasteiger partial charge in [0.05, 0.1) is 32.1 Å². The van der Waals surface area contributed by atoms with Gasteiger partial charge in [0.25, 0.3) is 0 Å². The zero-order chi connectivity index (χ0) is 21.6. The molecular weight excluding hydrogens is 370 g/mol. The van der Waals surface area contributed by atoms with Crippen LogP contribution in [0.3, 0.4) is 0 Å². The zero-order valence-corrected chi connectivity index (χ0v) is 17.7. The van der Waals surface area contributed by atoms with E-state index in [9.17, 15) is 9.90 Å². The molecular formula is C23H27NO5. The molecule has 2 aromatic carbocycles. The first-order valence-corrected chi connectivity index (χ1v) is 9.27. The molecule has 1 N–H and O–H groups in total. The molecule has 0 fully saturated rings. The van der Waals surface area contributed by atoms with Gasteiger partial charge in [0, 0.05) is 6.21 Å². The van der Waals surface area contributed by atoms with E-state index in [1.165, 1.54) is 20.4 Å². The van der Waals surface area contributed by atoms with Gasteiger partial charge in [-0.15, -0.1) is 0 Å². The van der Waals surface area contributed by atoms with Crippen LogP contribution in [-0.4, -0.2) is 38.1 Å². The lowest BCUT2D eigenvalue weighted by atomic mass is 10.0. The Hall–Kier alpha value is -3.28. The Morgan fingerprint density at radius 1 is 1.07 bits per heavy atom. The summed E-state index contributed by atoms with van der Waals surface area (Å²) in [5.74, 6) is -0.0784.